The van der Waals surface area contributed by atoms with Gasteiger partial charge in [-0.25, -0.2) is 0 Å². The summed E-state index contributed by atoms with van der Waals surface area (Å²) < 4.78 is 5.40. The van der Waals surface area contributed by atoms with E-state index in [-0.39, 0.29) is 12.6 Å². The molecule has 0 saturated carbocycles. The van der Waals surface area contributed by atoms with Gasteiger partial charge >= 0.3 is 0 Å². The van der Waals surface area contributed by atoms with Gasteiger partial charge in [0.1, 0.15) is 5.75 Å². The number of nitrogens with two attached hydrogens (primary N) is 1. The summed E-state index contributed by atoms with van der Waals surface area (Å²) in [6.07, 6.45) is 0.976. The third-order valence-electron chi connectivity index (χ3n) is 2.35. The van der Waals surface area contributed by atoms with Crippen LogP contribution in [0.4, 0.5) is 0 Å². The van der Waals surface area contributed by atoms with Crippen LogP contribution in [0.1, 0.15) is 17.2 Å². The maximum Gasteiger partial charge on any atom is 0.122 e. The molecule has 0 spiro atoms. The van der Waals surface area contributed by atoms with Crippen molar-refractivity contribution in [2.75, 3.05) is 13.2 Å². The smallest absolute Gasteiger partial charge is 0.122 e. The molecule has 3 heteroatoms. The minimum atomic E-state index is -0.297. The molecule has 0 unspecified atom stereocenters. The molecule has 70 valence electrons. The number of benzene rings is 1. The van der Waals surface area contributed by atoms with Gasteiger partial charge in [0.25, 0.3) is 0 Å². The highest BCUT2D eigenvalue weighted by Gasteiger charge is 2.13. The van der Waals surface area contributed by atoms with Gasteiger partial charge in [0.2, 0.25) is 0 Å². The number of fused-ring (bicyclic) bond motifs is 1. The van der Waals surface area contributed by atoms with E-state index in [1.165, 1.54) is 5.56 Å². The summed E-state index contributed by atoms with van der Waals surface area (Å²) in [5, 5.41) is 8.87. The maximum atomic E-state index is 8.87. The molecule has 3 N–H and O–H groups in total. The normalized spacial score (nSPS) is 16.5. The Labute approximate surface area is 77.1 Å². The van der Waals surface area contributed by atoms with Gasteiger partial charge in [-0.1, -0.05) is 12.1 Å². The summed E-state index contributed by atoms with van der Waals surface area (Å²) in [7, 11) is 0. The molecule has 1 aliphatic rings. The molecule has 1 aliphatic heterocycles. The van der Waals surface area contributed by atoms with Crippen LogP contribution >= 0.6 is 0 Å². The average molecular weight is 179 g/mol. The Hall–Kier alpha value is -1.06. The Morgan fingerprint density at radius 1 is 1.54 bits per heavy atom. The second-order valence-corrected chi connectivity index (χ2v) is 3.25. The summed E-state index contributed by atoms with van der Waals surface area (Å²) in [6.45, 7) is 0.728. The Balaban J connectivity index is 2.30. The van der Waals surface area contributed by atoms with Crippen molar-refractivity contribution in [1.29, 1.82) is 0 Å². The van der Waals surface area contributed by atoms with Gasteiger partial charge in [0, 0.05) is 6.42 Å². The SMILES string of the molecule is N[C@H](CO)c1ccc2c(c1)OCC2. The summed E-state index contributed by atoms with van der Waals surface area (Å²) >= 11 is 0. The van der Waals surface area contributed by atoms with Crippen molar-refractivity contribution in [3.8, 4) is 5.75 Å². The largest absolute Gasteiger partial charge is 0.493 e. The number of rotatable bonds is 2. The highest BCUT2D eigenvalue weighted by Crippen LogP contribution is 2.27. The maximum absolute atomic E-state index is 8.87. The first-order valence-corrected chi connectivity index (χ1v) is 4.43. The number of hydrogen-bond donors (Lipinski definition) is 2. The first-order chi connectivity index (χ1) is 6.31. The van der Waals surface area contributed by atoms with Crippen molar-refractivity contribution < 1.29 is 9.84 Å². The van der Waals surface area contributed by atoms with Crippen molar-refractivity contribution in [2.24, 2.45) is 5.73 Å². The highest BCUT2D eigenvalue weighted by molar-refractivity contribution is 5.41. The van der Waals surface area contributed by atoms with Crippen LogP contribution in [0.2, 0.25) is 0 Å². The average Bonchev–Trinajstić information content (AvgIpc) is 2.63. The fraction of sp³-hybridized carbons (Fsp3) is 0.400. The lowest BCUT2D eigenvalue weighted by atomic mass is 10.0. The van der Waals surface area contributed by atoms with Crippen molar-refractivity contribution in [3.63, 3.8) is 0 Å². The van der Waals surface area contributed by atoms with Gasteiger partial charge in [0.05, 0.1) is 19.3 Å². The predicted octanol–water partition coefficient (Wildman–Crippen LogP) is 0.614. The van der Waals surface area contributed by atoms with E-state index in [2.05, 4.69) is 0 Å². The zero-order valence-corrected chi connectivity index (χ0v) is 7.36. The second kappa shape index (κ2) is 3.36. The first kappa shape index (κ1) is 8.53. The number of aliphatic hydroxyl groups excluding tert-OH is 1. The van der Waals surface area contributed by atoms with E-state index in [9.17, 15) is 0 Å². The minimum Gasteiger partial charge on any atom is -0.493 e. The van der Waals surface area contributed by atoms with E-state index in [0.717, 1.165) is 24.3 Å². The van der Waals surface area contributed by atoms with Crippen molar-refractivity contribution >= 4 is 0 Å². The molecule has 1 atom stereocenters. The summed E-state index contributed by atoms with van der Waals surface area (Å²) in [6, 6.07) is 5.60. The second-order valence-electron chi connectivity index (χ2n) is 3.25. The van der Waals surface area contributed by atoms with Crippen LogP contribution in [0, 0.1) is 0 Å². The summed E-state index contributed by atoms with van der Waals surface area (Å²) in [5.74, 6) is 0.918. The third-order valence-corrected chi connectivity index (χ3v) is 2.35. The van der Waals surface area contributed by atoms with E-state index in [1.807, 2.05) is 18.2 Å². The van der Waals surface area contributed by atoms with E-state index >= 15 is 0 Å². The monoisotopic (exact) mass is 179 g/mol. The summed E-state index contributed by atoms with van der Waals surface area (Å²) in [5.41, 5.74) is 7.85. The van der Waals surface area contributed by atoms with E-state index in [1.54, 1.807) is 0 Å². The van der Waals surface area contributed by atoms with Gasteiger partial charge in [0.15, 0.2) is 0 Å². The van der Waals surface area contributed by atoms with E-state index in [4.69, 9.17) is 15.6 Å². The van der Waals surface area contributed by atoms with Gasteiger partial charge in [-0.2, -0.15) is 0 Å². The van der Waals surface area contributed by atoms with E-state index < -0.39 is 0 Å². The zero-order valence-electron chi connectivity index (χ0n) is 7.36. The van der Waals surface area contributed by atoms with Crippen LogP contribution in [-0.2, 0) is 6.42 Å². The molecule has 0 radical (unpaired) electrons. The quantitative estimate of drug-likeness (QED) is 0.699. The number of hydrogen-bond acceptors (Lipinski definition) is 3. The van der Waals surface area contributed by atoms with Crippen molar-refractivity contribution in [2.45, 2.75) is 12.5 Å². The molecule has 0 aliphatic carbocycles. The zero-order chi connectivity index (χ0) is 9.26. The number of ether oxygens (including phenoxy) is 1. The van der Waals surface area contributed by atoms with Crippen molar-refractivity contribution in [1.82, 2.24) is 0 Å². The molecule has 0 amide bonds. The number of aliphatic hydroxyl groups is 1. The third kappa shape index (κ3) is 1.53. The molecule has 1 aromatic rings. The van der Waals surface area contributed by atoms with Crippen LogP contribution in [-0.4, -0.2) is 18.3 Å². The van der Waals surface area contributed by atoms with Gasteiger partial charge < -0.3 is 15.6 Å². The molecule has 1 heterocycles. The molecule has 0 aromatic heterocycles. The highest BCUT2D eigenvalue weighted by atomic mass is 16.5. The predicted molar refractivity (Wildman–Crippen MR) is 49.7 cm³/mol. The van der Waals surface area contributed by atoms with Crippen LogP contribution in [0.15, 0.2) is 18.2 Å². The van der Waals surface area contributed by atoms with Gasteiger partial charge in [-0.05, 0) is 17.2 Å². The standard InChI is InChI=1S/C10H13NO2/c11-9(6-12)8-2-1-7-3-4-13-10(7)5-8/h1-2,5,9,12H,3-4,6,11H2/t9-/m1/s1. The van der Waals surface area contributed by atoms with Gasteiger partial charge in [-0.15, -0.1) is 0 Å². The Morgan fingerprint density at radius 2 is 2.38 bits per heavy atom. The van der Waals surface area contributed by atoms with Crippen molar-refractivity contribution in [3.05, 3.63) is 29.3 Å². The molecule has 2 rings (SSSR count). The van der Waals surface area contributed by atoms with Crippen LogP contribution in [0.5, 0.6) is 5.75 Å². The van der Waals surface area contributed by atoms with E-state index in [0.29, 0.717) is 0 Å². The molecule has 0 fully saturated rings. The lowest BCUT2D eigenvalue weighted by Crippen LogP contribution is -2.14. The Kier molecular flexibility index (Phi) is 2.20. The fourth-order valence-electron chi connectivity index (χ4n) is 1.52. The molecular formula is C10H13NO2. The Morgan fingerprint density at radius 3 is 3.15 bits per heavy atom. The van der Waals surface area contributed by atoms with Crippen LogP contribution in [0.3, 0.4) is 0 Å². The molecule has 1 aromatic carbocycles. The molecule has 13 heavy (non-hydrogen) atoms. The lowest BCUT2D eigenvalue weighted by Gasteiger charge is -2.09. The van der Waals surface area contributed by atoms with Gasteiger partial charge in [-0.3, -0.25) is 0 Å². The molecule has 0 saturated heterocycles. The minimum absolute atomic E-state index is 0.0290. The van der Waals surface area contributed by atoms with Crippen LogP contribution in [0.25, 0.3) is 0 Å². The Bertz CT molecular complexity index is 312. The first-order valence-electron chi connectivity index (χ1n) is 4.43. The fourth-order valence-corrected chi connectivity index (χ4v) is 1.52. The lowest BCUT2D eigenvalue weighted by molar-refractivity contribution is 0.267. The topological polar surface area (TPSA) is 55.5 Å². The molecule has 0 bridgehead atoms. The van der Waals surface area contributed by atoms with Crippen LogP contribution < -0.4 is 10.5 Å². The summed E-state index contributed by atoms with van der Waals surface area (Å²) in [4.78, 5) is 0. The molecular weight excluding hydrogens is 166 g/mol. The molecule has 3 nitrogen and oxygen atoms in total.